The summed E-state index contributed by atoms with van der Waals surface area (Å²) >= 11 is 0. The predicted molar refractivity (Wildman–Crippen MR) is 535 cm³/mol. The summed E-state index contributed by atoms with van der Waals surface area (Å²) in [6, 6.07) is 117. The molecule has 0 N–H and O–H groups in total. The largest absolute Gasteiger partial charge is 0.489 e. The van der Waals surface area contributed by atoms with E-state index in [-0.39, 0.29) is 18.1 Å². The molecule has 10 nitrogen and oxygen atoms in total. The van der Waals surface area contributed by atoms with E-state index in [9.17, 15) is 0 Å². The summed E-state index contributed by atoms with van der Waals surface area (Å²) in [7, 11) is -6.89. The second kappa shape index (κ2) is 39.6. The summed E-state index contributed by atoms with van der Waals surface area (Å²) in [4.78, 5) is 0. The van der Waals surface area contributed by atoms with Crippen molar-refractivity contribution in [1.82, 2.24) is 0 Å². The van der Waals surface area contributed by atoms with Gasteiger partial charge >= 0.3 is 0 Å². The Balaban J connectivity index is 0.515. The van der Waals surface area contributed by atoms with Crippen molar-refractivity contribution in [3.05, 3.63) is 465 Å². The fraction of sp³-hybridized carbons (Fsp3) is 0.153. The molecule has 650 valence electrons. The van der Waals surface area contributed by atoms with E-state index < -0.39 is 14.3 Å². The molecule has 0 aliphatic carbocycles. The molecule has 0 amide bonds. The van der Waals surface area contributed by atoms with E-state index in [1.807, 2.05) is 218 Å². The van der Waals surface area contributed by atoms with Crippen molar-refractivity contribution in [3.8, 4) is 79.7 Å². The third kappa shape index (κ3) is 20.1. The van der Waals surface area contributed by atoms with Crippen LogP contribution in [0.25, 0.3) is 34.4 Å². The molecule has 1 unspecified atom stereocenters. The van der Waals surface area contributed by atoms with Crippen molar-refractivity contribution in [2.24, 2.45) is 0 Å². The van der Waals surface area contributed by atoms with Gasteiger partial charge in [-0.3, -0.25) is 0 Å². The van der Waals surface area contributed by atoms with Gasteiger partial charge in [0, 0.05) is 26.6 Å². The summed E-state index contributed by atoms with van der Waals surface area (Å²) in [6.45, 7) is 32.9. The van der Waals surface area contributed by atoms with Crippen LogP contribution in [0, 0.1) is 55.4 Å². The molecule has 16 aromatic rings. The number of hydrogen-bond acceptors (Lipinski definition) is 10. The smallest absolute Gasteiger partial charge is 0.174 e. The highest BCUT2D eigenvalue weighted by Crippen LogP contribution is 2.50. The maximum atomic E-state index is 15.9. The lowest BCUT2D eigenvalue weighted by atomic mass is 9.76. The lowest BCUT2D eigenvalue weighted by Gasteiger charge is -2.29. The minimum atomic E-state index is -3.45. The summed E-state index contributed by atoms with van der Waals surface area (Å²) in [6.07, 6.45) is 3.41. The molecule has 130 heavy (non-hydrogen) atoms. The molecule has 16 rings (SSSR count). The van der Waals surface area contributed by atoms with Crippen molar-refractivity contribution in [1.29, 1.82) is 0 Å². The van der Waals surface area contributed by atoms with Crippen LogP contribution < -0.4 is 69.7 Å². The van der Waals surface area contributed by atoms with E-state index in [0.29, 0.717) is 81.3 Å². The Kier molecular flexibility index (Phi) is 27.2. The molecule has 0 radical (unpaired) electrons. The Labute approximate surface area is 765 Å². The Bertz CT molecular complexity index is 6630. The predicted octanol–water partition coefficient (Wildman–Crippen LogP) is 28.0. The van der Waals surface area contributed by atoms with Gasteiger partial charge in [0.15, 0.2) is 14.3 Å². The highest BCUT2D eigenvalue weighted by atomic mass is 31.2. The van der Waals surface area contributed by atoms with E-state index in [1.165, 1.54) is 11.1 Å². The van der Waals surface area contributed by atoms with E-state index >= 15 is 9.13 Å². The SMILES string of the molecule is C=Cc1ccc(COc2ccc(OCc3ccc(-c4ccc(C(C)Oc5c(C)cc(Oc6c(C)cc(C(C)(C)c7cc(C)c(Oc8cc(C)c(OCc9ccc(-c%10ccc(COc%11ccc(OCc%12ccc(C=C)cc%12)c(P(=O)(c%12ccccc%12)c%12ccccc%12)c%11)cc%10)cc9)c(C)c8)c(C)c7)cc6C)cc5C)cc4)cc3)c(P(=O)(c3ccccc3)c3ccccc3)c2)cc1. The monoisotopic (exact) mass is 1750 g/mol. The Morgan fingerprint density at radius 2 is 0.569 bits per heavy atom. The highest BCUT2D eigenvalue weighted by molar-refractivity contribution is 7.86. The van der Waals surface area contributed by atoms with Gasteiger partial charge in [-0.2, -0.15) is 0 Å². The van der Waals surface area contributed by atoms with Crippen LogP contribution >= 0.6 is 14.3 Å². The molecule has 0 spiro atoms. The van der Waals surface area contributed by atoms with Crippen LogP contribution in [0.2, 0.25) is 0 Å². The van der Waals surface area contributed by atoms with Gasteiger partial charge in [-0.1, -0.05) is 330 Å². The van der Waals surface area contributed by atoms with E-state index in [4.69, 9.17) is 37.9 Å². The normalized spacial score (nSPS) is 11.7. The number of ether oxygens (including phenoxy) is 8. The topological polar surface area (TPSA) is 108 Å². The van der Waals surface area contributed by atoms with Gasteiger partial charge in [0.1, 0.15) is 96.6 Å². The molecule has 0 fully saturated rings. The molecule has 16 aromatic carbocycles. The molecule has 12 heteroatoms. The maximum Gasteiger partial charge on any atom is 0.174 e. The second-order valence-electron chi connectivity index (χ2n) is 34.1. The Morgan fingerprint density at radius 1 is 0.292 bits per heavy atom. The average molecular weight is 1750 g/mol. The highest BCUT2D eigenvalue weighted by Gasteiger charge is 2.36. The number of rotatable bonds is 34. The first-order valence-electron chi connectivity index (χ1n) is 44.1. The van der Waals surface area contributed by atoms with Gasteiger partial charge < -0.3 is 47.0 Å². The van der Waals surface area contributed by atoms with Crippen molar-refractivity contribution in [3.63, 3.8) is 0 Å². The van der Waals surface area contributed by atoms with E-state index in [0.717, 1.165) is 146 Å². The van der Waals surface area contributed by atoms with Crippen molar-refractivity contribution in [2.45, 2.75) is 121 Å². The fourth-order valence-corrected chi connectivity index (χ4v) is 22.5. The zero-order chi connectivity index (χ0) is 90.6. The van der Waals surface area contributed by atoms with Crippen LogP contribution in [0.5, 0.6) is 57.5 Å². The standard InChI is InChI=1S/C118H108O10P2/c1-14-88-36-40-90(41-37-88)74-121-102-60-63-111(113(72-102)130(120,108-32-24-18-25-33-108)109-34-26-19-27-35-109)124-77-93-46-52-98(53-47-93)99-58-56-95(57-59-99)87(11)126-115-85(9)70-105(71-86(115)10)128-117-81(5)66-101(67-82(117)6)118(12,13)100-64-79(3)116(80(4)65-100)127-104-68-83(7)114(84(8)69-104)125-78-94-48-54-97(55-49-94)96-50-44-92(45-51-96)75-122-103-61-62-110(123-76-91-42-38-89(15-2)39-43-91)112(73-103)129(119,106-28-20-16-21-29-106)107-30-22-17-23-31-107/h14-73,87H,1-2,74-78H2,3-13H3. The van der Waals surface area contributed by atoms with Crippen LogP contribution in [0.1, 0.15) is 127 Å². The van der Waals surface area contributed by atoms with Crippen LogP contribution in [0.3, 0.4) is 0 Å². The third-order valence-corrected chi connectivity index (χ3v) is 30.5. The first-order valence-corrected chi connectivity index (χ1v) is 47.5. The zero-order valence-electron chi connectivity index (χ0n) is 75.6. The van der Waals surface area contributed by atoms with Gasteiger partial charge in [0.2, 0.25) is 0 Å². The Hall–Kier alpha value is -14.1. The van der Waals surface area contributed by atoms with Crippen molar-refractivity contribution < 1.29 is 47.0 Å². The molecule has 0 bridgehead atoms. The molecule has 0 aromatic heterocycles. The molecule has 0 saturated heterocycles. The number of aryl methyl sites for hydroxylation is 8. The quantitative estimate of drug-likeness (QED) is 0.0362. The molecule has 0 aliphatic heterocycles. The van der Waals surface area contributed by atoms with Gasteiger partial charge in [-0.15, -0.1) is 0 Å². The molecular formula is C118H108O10P2. The second-order valence-corrected chi connectivity index (χ2v) is 39.6. The van der Waals surface area contributed by atoms with Gasteiger partial charge in [-0.25, -0.2) is 0 Å². The number of hydrogen-bond donors (Lipinski definition) is 0. The van der Waals surface area contributed by atoms with Crippen LogP contribution in [0.4, 0.5) is 0 Å². The lowest BCUT2D eigenvalue weighted by molar-refractivity contribution is 0.223. The van der Waals surface area contributed by atoms with Crippen LogP contribution in [-0.2, 0) is 47.6 Å². The molecule has 0 heterocycles. The van der Waals surface area contributed by atoms with E-state index in [1.54, 1.807) is 0 Å². The van der Waals surface area contributed by atoms with Crippen LogP contribution in [0.15, 0.2) is 365 Å². The minimum absolute atomic E-state index is 0.228. The van der Waals surface area contributed by atoms with Crippen molar-refractivity contribution in [2.75, 3.05) is 0 Å². The fourth-order valence-electron chi connectivity index (χ4n) is 16.9. The summed E-state index contributed by atoms with van der Waals surface area (Å²) in [5.41, 5.74) is 22.6. The third-order valence-electron chi connectivity index (χ3n) is 24.3. The molecular weight excluding hydrogens is 1640 g/mol. The first kappa shape index (κ1) is 89.3. The lowest BCUT2D eigenvalue weighted by Crippen LogP contribution is -2.26. The molecule has 0 saturated carbocycles. The summed E-state index contributed by atoms with van der Waals surface area (Å²) in [5, 5.41) is 3.98. The maximum absolute atomic E-state index is 15.9. The molecule has 0 aliphatic rings. The van der Waals surface area contributed by atoms with Gasteiger partial charge in [-0.05, 0) is 245 Å². The first-order chi connectivity index (χ1) is 63.0. The summed E-state index contributed by atoms with van der Waals surface area (Å²) in [5.74, 6) is 7.10. The van der Waals surface area contributed by atoms with Gasteiger partial charge in [0.05, 0.1) is 10.6 Å². The minimum Gasteiger partial charge on any atom is -0.489 e. The van der Waals surface area contributed by atoms with E-state index in [2.05, 4.69) is 235 Å². The van der Waals surface area contributed by atoms with Crippen molar-refractivity contribution >= 4 is 58.3 Å². The summed E-state index contributed by atoms with van der Waals surface area (Å²) < 4.78 is 84.7. The molecule has 1 atom stereocenters. The van der Waals surface area contributed by atoms with Gasteiger partial charge in [0.25, 0.3) is 0 Å². The van der Waals surface area contributed by atoms with Crippen LogP contribution in [-0.4, -0.2) is 0 Å². The zero-order valence-corrected chi connectivity index (χ0v) is 77.4. The number of benzene rings is 16. The average Bonchev–Trinajstić information content (AvgIpc) is 0.754. The Morgan fingerprint density at radius 3 is 0.885 bits per heavy atom.